The number of hydrogen-bond donors (Lipinski definition) is 1. The number of rotatable bonds is 2. The molecule has 0 fully saturated rings. The largest absolute Gasteiger partial charge is 0.459 e. The standard InChI is InChI=1S/C17H11F4NO3S/c18-11-6-12(19)16(21)17(15(11)20)26(23,24)8-1-2-13-10(5-8)9-3-4-22-7-14(9)25-13/h1-2,5-6,22H,3-4,7H2. The fraction of sp³-hybridized carbons (Fsp3) is 0.176. The highest BCUT2D eigenvalue weighted by molar-refractivity contribution is 7.91. The molecular formula is C17H11F4NO3S. The lowest BCUT2D eigenvalue weighted by molar-refractivity contribution is 0.419. The Labute approximate surface area is 145 Å². The van der Waals surface area contributed by atoms with Crippen molar-refractivity contribution in [2.45, 2.75) is 22.8 Å². The Morgan fingerprint density at radius 3 is 2.38 bits per heavy atom. The van der Waals surface area contributed by atoms with Crippen LogP contribution in [0.25, 0.3) is 11.0 Å². The molecule has 1 aromatic heterocycles. The molecule has 4 rings (SSSR count). The third-order valence-corrected chi connectivity index (χ3v) is 6.10. The van der Waals surface area contributed by atoms with Crippen molar-refractivity contribution in [3.8, 4) is 0 Å². The minimum absolute atomic E-state index is 0.0354. The molecule has 0 saturated carbocycles. The zero-order chi connectivity index (χ0) is 18.6. The van der Waals surface area contributed by atoms with E-state index < -0.39 is 42.9 Å². The van der Waals surface area contributed by atoms with Gasteiger partial charge in [-0.05, 0) is 31.2 Å². The monoisotopic (exact) mass is 385 g/mol. The second kappa shape index (κ2) is 5.82. The normalized spacial score (nSPS) is 14.6. The molecule has 1 aliphatic rings. The van der Waals surface area contributed by atoms with E-state index in [0.717, 1.165) is 11.6 Å². The smallest absolute Gasteiger partial charge is 0.212 e. The van der Waals surface area contributed by atoms with E-state index in [1.54, 1.807) is 0 Å². The molecule has 1 aliphatic heterocycles. The van der Waals surface area contributed by atoms with Gasteiger partial charge in [0.05, 0.1) is 11.4 Å². The van der Waals surface area contributed by atoms with Gasteiger partial charge in [-0.2, -0.15) is 0 Å². The van der Waals surface area contributed by atoms with Crippen LogP contribution in [-0.4, -0.2) is 15.0 Å². The van der Waals surface area contributed by atoms with Crippen LogP contribution >= 0.6 is 0 Å². The first-order valence-electron chi connectivity index (χ1n) is 7.64. The lowest BCUT2D eigenvalue weighted by Crippen LogP contribution is -2.22. The van der Waals surface area contributed by atoms with Crippen molar-refractivity contribution < 1.29 is 30.4 Å². The van der Waals surface area contributed by atoms with E-state index in [4.69, 9.17) is 4.42 Å². The van der Waals surface area contributed by atoms with Gasteiger partial charge in [0, 0.05) is 17.0 Å². The molecule has 0 atom stereocenters. The van der Waals surface area contributed by atoms with Gasteiger partial charge in [-0.1, -0.05) is 0 Å². The Morgan fingerprint density at radius 2 is 1.69 bits per heavy atom. The number of fused-ring (bicyclic) bond motifs is 3. The summed E-state index contributed by atoms with van der Waals surface area (Å²) >= 11 is 0. The molecular weight excluding hydrogens is 374 g/mol. The molecule has 9 heteroatoms. The van der Waals surface area contributed by atoms with Crippen molar-refractivity contribution in [2.24, 2.45) is 0 Å². The molecule has 2 heterocycles. The Balaban J connectivity index is 1.95. The van der Waals surface area contributed by atoms with Crippen molar-refractivity contribution in [1.82, 2.24) is 5.32 Å². The van der Waals surface area contributed by atoms with Gasteiger partial charge < -0.3 is 9.73 Å². The lowest BCUT2D eigenvalue weighted by atomic mass is 10.1. The Kier molecular flexibility index (Phi) is 3.81. The molecule has 4 nitrogen and oxygen atoms in total. The molecule has 0 saturated heterocycles. The Hall–Kier alpha value is -2.39. The van der Waals surface area contributed by atoms with Crippen LogP contribution in [0.5, 0.6) is 0 Å². The second-order valence-electron chi connectivity index (χ2n) is 5.89. The topological polar surface area (TPSA) is 59.3 Å². The highest BCUT2D eigenvalue weighted by atomic mass is 32.2. The highest BCUT2D eigenvalue weighted by Gasteiger charge is 2.32. The molecule has 0 radical (unpaired) electrons. The molecule has 26 heavy (non-hydrogen) atoms. The quantitative estimate of drug-likeness (QED) is 0.542. The van der Waals surface area contributed by atoms with Gasteiger partial charge in [0.25, 0.3) is 0 Å². The molecule has 3 aromatic rings. The van der Waals surface area contributed by atoms with E-state index in [2.05, 4.69) is 5.32 Å². The minimum atomic E-state index is -4.83. The van der Waals surface area contributed by atoms with Crippen LogP contribution in [0.1, 0.15) is 11.3 Å². The average Bonchev–Trinajstić information content (AvgIpc) is 2.98. The van der Waals surface area contributed by atoms with Crippen LogP contribution in [-0.2, 0) is 22.8 Å². The van der Waals surface area contributed by atoms with E-state index in [1.165, 1.54) is 12.1 Å². The number of sulfone groups is 1. The lowest BCUT2D eigenvalue weighted by Gasteiger charge is -2.11. The summed E-state index contributed by atoms with van der Waals surface area (Å²) in [5.41, 5.74) is 1.21. The van der Waals surface area contributed by atoms with Crippen molar-refractivity contribution in [2.75, 3.05) is 6.54 Å². The third-order valence-electron chi connectivity index (χ3n) is 4.33. The summed E-state index contributed by atoms with van der Waals surface area (Å²) in [5.74, 6) is -6.83. The van der Waals surface area contributed by atoms with Gasteiger partial charge in [0.15, 0.2) is 23.3 Å². The van der Waals surface area contributed by atoms with Crippen molar-refractivity contribution in [3.05, 3.63) is 58.9 Å². The molecule has 0 bridgehead atoms. The summed E-state index contributed by atoms with van der Waals surface area (Å²) in [6.07, 6.45) is 0.586. The van der Waals surface area contributed by atoms with Gasteiger partial charge >= 0.3 is 0 Å². The summed E-state index contributed by atoms with van der Waals surface area (Å²) in [4.78, 5) is -2.12. The molecule has 2 aromatic carbocycles. The summed E-state index contributed by atoms with van der Waals surface area (Å²) in [7, 11) is -4.83. The molecule has 0 spiro atoms. The van der Waals surface area contributed by atoms with Gasteiger partial charge in [0.2, 0.25) is 9.84 Å². The molecule has 0 amide bonds. The van der Waals surface area contributed by atoms with Gasteiger partial charge in [-0.25, -0.2) is 26.0 Å². The van der Waals surface area contributed by atoms with Crippen molar-refractivity contribution >= 4 is 20.8 Å². The highest BCUT2D eigenvalue weighted by Crippen LogP contribution is 2.34. The molecule has 136 valence electrons. The third kappa shape index (κ3) is 2.42. The van der Waals surface area contributed by atoms with E-state index in [-0.39, 0.29) is 6.07 Å². The maximum Gasteiger partial charge on any atom is 0.212 e. The predicted molar refractivity (Wildman–Crippen MR) is 83.4 cm³/mol. The first kappa shape index (κ1) is 17.0. The van der Waals surface area contributed by atoms with Gasteiger partial charge in [0.1, 0.15) is 16.2 Å². The Morgan fingerprint density at radius 1 is 1.00 bits per heavy atom. The number of hydrogen-bond acceptors (Lipinski definition) is 4. The van der Waals surface area contributed by atoms with Crippen LogP contribution in [0.2, 0.25) is 0 Å². The SMILES string of the molecule is O=S(=O)(c1ccc2oc3c(c2c1)CCNC3)c1c(F)c(F)cc(F)c1F. The van der Waals surface area contributed by atoms with E-state index in [1.807, 2.05) is 0 Å². The van der Waals surface area contributed by atoms with Gasteiger partial charge in [-0.3, -0.25) is 0 Å². The summed E-state index contributed by atoms with van der Waals surface area (Å²) in [6, 6.07) is 3.61. The number of nitrogens with one attached hydrogen (secondary N) is 1. The Bertz CT molecular complexity index is 1130. The van der Waals surface area contributed by atoms with Crippen LogP contribution in [0.3, 0.4) is 0 Å². The number of benzene rings is 2. The van der Waals surface area contributed by atoms with Crippen LogP contribution in [0, 0.1) is 23.3 Å². The fourth-order valence-corrected chi connectivity index (χ4v) is 4.51. The number of furan rings is 1. The fourth-order valence-electron chi connectivity index (χ4n) is 3.08. The van der Waals surface area contributed by atoms with Crippen LogP contribution < -0.4 is 5.32 Å². The maximum absolute atomic E-state index is 14.0. The predicted octanol–water partition coefficient (Wildman–Crippen LogP) is 3.47. The number of halogens is 4. The average molecular weight is 385 g/mol. The van der Waals surface area contributed by atoms with E-state index in [0.29, 0.717) is 36.2 Å². The summed E-state index contributed by atoms with van der Waals surface area (Å²) in [6.45, 7) is 1.14. The summed E-state index contributed by atoms with van der Waals surface area (Å²) < 4.78 is 85.7. The summed E-state index contributed by atoms with van der Waals surface area (Å²) in [5, 5.41) is 3.59. The van der Waals surface area contributed by atoms with Crippen LogP contribution in [0.15, 0.2) is 38.5 Å². The first-order chi connectivity index (χ1) is 12.3. The molecule has 0 unspecified atom stereocenters. The molecule has 1 N–H and O–H groups in total. The maximum atomic E-state index is 14.0. The van der Waals surface area contributed by atoms with Crippen molar-refractivity contribution in [1.29, 1.82) is 0 Å². The van der Waals surface area contributed by atoms with Crippen LogP contribution in [0.4, 0.5) is 17.6 Å². The van der Waals surface area contributed by atoms with E-state index >= 15 is 0 Å². The first-order valence-corrected chi connectivity index (χ1v) is 9.12. The zero-order valence-corrected chi connectivity index (χ0v) is 13.9. The van der Waals surface area contributed by atoms with E-state index in [9.17, 15) is 26.0 Å². The molecule has 0 aliphatic carbocycles. The minimum Gasteiger partial charge on any atom is -0.459 e. The second-order valence-corrected chi connectivity index (χ2v) is 7.78. The zero-order valence-electron chi connectivity index (χ0n) is 13.1. The van der Waals surface area contributed by atoms with Gasteiger partial charge in [-0.15, -0.1) is 0 Å². The van der Waals surface area contributed by atoms with Crippen molar-refractivity contribution in [3.63, 3.8) is 0 Å².